The predicted molar refractivity (Wildman–Crippen MR) is 113 cm³/mol. The van der Waals surface area contributed by atoms with Gasteiger partial charge in [-0.05, 0) is 63.3 Å². The second-order valence-corrected chi connectivity index (χ2v) is 7.22. The Bertz CT molecular complexity index is 792. The van der Waals surface area contributed by atoms with Crippen molar-refractivity contribution in [1.29, 1.82) is 0 Å². The summed E-state index contributed by atoms with van der Waals surface area (Å²) in [7, 11) is 5.58. The van der Waals surface area contributed by atoms with Gasteiger partial charge < -0.3 is 20.3 Å². The largest absolute Gasteiger partial charge is 0.489 e. The summed E-state index contributed by atoms with van der Waals surface area (Å²) in [6, 6.07) is 13.2. The van der Waals surface area contributed by atoms with Crippen molar-refractivity contribution in [2.75, 3.05) is 27.7 Å². The first-order valence-electron chi connectivity index (χ1n) is 9.47. The minimum Gasteiger partial charge on any atom is -0.489 e. The zero-order chi connectivity index (χ0) is 20.5. The lowest BCUT2D eigenvalue weighted by atomic mass is 10.1. The van der Waals surface area contributed by atoms with Crippen molar-refractivity contribution in [3.05, 3.63) is 65.0 Å². The number of nitrogens with zero attached hydrogens (tertiary/aromatic N) is 2. The van der Waals surface area contributed by atoms with Gasteiger partial charge in [-0.1, -0.05) is 18.2 Å². The SMILES string of the molecule is CN=C(NCc1ccc(F)c(CN(C)C)c1)NCC(C)Oc1cccc(C)c1. The van der Waals surface area contributed by atoms with Crippen LogP contribution in [0.5, 0.6) is 5.75 Å². The van der Waals surface area contributed by atoms with Crippen LogP contribution in [-0.4, -0.2) is 44.7 Å². The van der Waals surface area contributed by atoms with Crippen molar-refractivity contribution in [1.82, 2.24) is 15.5 Å². The number of hydrogen-bond donors (Lipinski definition) is 2. The fourth-order valence-corrected chi connectivity index (χ4v) is 2.81. The smallest absolute Gasteiger partial charge is 0.191 e. The van der Waals surface area contributed by atoms with Gasteiger partial charge >= 0.3 is 0 Å². The molecular formula is C22H31FN4O. The Morgan fingerprint density at radius 3 is 2.64 bits per heavy atom. The van der Waals surface area contributed by atoms with E-state index in [1.807, 2.05) is 63.2 Å². The number of hydrogen-bond acceptors (Lipinski definition) is 3. The van der Waals surface area contributed by atoms with Crippen molar-refractivity contribution >= 4 is 5.96 Å². The third-order valence-electron chi connectivity index (χ3n) is 4.16. The topological polar surface area (TPSA) is 48.9 Å². The van der Waals surface area contributed by atoms with E-state index in [4.69, 9.17) is 4.74 Å². The van der Waals surface area contributed by atoms with E-state index in [2.05, 4.69) is 15.6 Å². The van der Waals surface area contributed by atoms with E-state index >= 15 is 0 Å². The predicted octanol–water partition coefficient (Wildman–Crippen LogP) is 3.33. The van der Waals surface area contributed by atoms with Crippen LogP contribution in [0.2, 0.25) is 0 Å². The first kappa shape index (κ1) is 21.7. The highest BCUT2D eigenvalue weighted by molar-refractivity contribution is 5.79. The van der Waals surface area contributed by atoms with Crippen molar-refractivity contribution in [2.24, 2.45) is 4.99 Å². The summed E-state index contributed by atoms with van der Waals surface area (Å²) in [6.07, 6.45) is -0.0159. The van der Waals surface area contributed by atoms with E-state index in [-0.39, 0.29) is 11.9 Å². The zero-order valence-corrected chi connectivity index (χ0v) is 17.4. The van der Waals surface area contributed by atoms with Gasteiger partial charge in [-0.15, -0.1) is 0 Å². The first-order valence-corrected chi connectivity index (χ1v) is 9.47. The molecule has 0 saturated carbocycles. The van der Waals surface area contributed by atoms with E-state index in [1.54, 1.807) is 13.1 Å². The molecule has 1 atom stereocenters. The van der Waals surface area contributed by atoms with Crippen molar-refractivity contribution in [2.45, 2.75) is 33.0 Å². The summed E-state index contributed by atoms with van der Waals surface area (Å²) in [4.78, 5) is 6.19. The van der Waals surface area contributed by atoms with Gasteiger partial charge in [0.2, 0.25) is 0 Å². The van der Waals surface area contributed by atoms with E-state index in [9.17, 15) is 4.39 Å². The molecule has 0 radical (unpaired) electrons. The highest BCUT2D eigenvalue weighted by Crippen LogP contribution is 2.14. The molecule has 152 valence electrons. The van der Waals surface area contributed by atoms with Gasteiger partial charge in [0.15, 0.2) is 5.96 Å². The second-order valence-electron chi connectivity index (χ2n) is 7.22. The summed E-state index contributed by atoms with van der Waals surface area (Å²) in [6.45, 7) is 5.80. The molecule has 0 fully saturated rings. The molecule has 6 heteroatoms. The molecule has 1 unspecified atom stereocenters. The number of halogens is 1. The van der Waals surface area contributed by atoms with E-state index < -0.39 is 0 Å². The maximum Gasteiger partial charge on any atom is 0.191 e. The fraction of sp³-hybridized carbons (Fsp3) is 0.409. The Hall–Kier alpha value is -2.60. The van der Waals surface area contributed by atoms with Crippen LogP contribution in [0, 0.1) is 12.7 Å². The summed E-state index contributed by atoms with van der Waals surface area (Å²) >= 11 is 0. The monoisotopic (exact) mass is 386 g/mol. The van der Waals surface area contributed by atoms with E-state index in [0.717, 1.165) is 11.3 Å². The lowest BCUT2D eigenvalue weighted by molar-refractivity contribution is 0.223. The second kappa shape index (κ2) is 10.7. The van der Waals surface area contributed by atoms with Crippen LogP contribution in [0.3, 0.4) is 0 Å². The quantitative estimate of drug-likeness (QED) is 0.540. The molecule has 0 saturated heterocycles. The summed E-state index contributed by atoms with van der Waals surface area (Å²) < 4.78 is 19.8. The number of nitrogens with one attached hydrogen (secondary N) is 2. The highest BCUT2D eigenvalue weighted by Gasteiger charge is 2.08. The Balaban J connectivity index is 1.84. The lowest BCUT2D eigenvalue weighted by Gasteiger charge is -2.18. The molecule has 28 heavy (non-hydrogen) atoms. The van der Waals surface area contributed by atoms with Gasteiger partial charge in [0.05, 0.1) is 6.54 Å². The molecule has 2 aromatic carbocycles. The minimum atomic E-state index is -0.179. The zero-order valence-electron chi connectivity index (χ0n) is 17.4. The highest BCUT2D eigenvalue weighted by atomic mass is 19.1. The van der Waals surface area contributed by atoms with Gasteiger partial charge in [-0.3, -0.25) is 4.99 Å². The van der Waals surface area contributed by atoms with Crippen molar-refractivity contribution < 1.29 is 9.13 Å². The molecule has 0 heterocycles. The van der Waals surface area contributed by atoms with Crippen LogP contribution in [0.15, 0.2) is 47.5 Å². The van der Waals surface area contributed by atoms with Gasteiger partial charge in [0.1, 0.15) is 17.7 Å². The molecule has 0 aliphatic rings. The molecule has 5 nitrogen and oxygen atoms in total. The maximum atomic E-state index is 13.9. The van der Waals surface area contributed by atoms with Crippen LogP contribution >= 0.6 is 0 Å². The molecule has 2 N–H and O–H groups in total. The molecule has 0 aliphatic carbocycles. The van der Waals surface area contributed by atoms with Crippen LogP contribution in [0.1, 0.15) is 23.6 Å². The molecule has 0 spiro atoms. The third kappa shape index (κ3) is 7.19. The van der Waals surface area contributed by atoms with Gasteiger partial charge in [-0.2, -0.15) is 0 Å². The Kier molecular flexibility index (Phi) is 8.26. The molecule has 2 rings (SSSR count). The number of benzene rings is 2. The van der Waals surface area contributed by atoms with E-state index in [1.165, 1.54) is 11.6 Å². The molecule has 0 amide bonds. The first-order chi connectivity index (χ1) is 13.4. The lowest BCUT2D eigenvalue weighted by Crippen LogP contribution is -2.41. The molecular weight excluding hydrogens is 355 g/mol. The number of guanidine groups is 1. The number of rotatable bonds is 8. The normalized spacial score (nSPS) is 12.8. The Morgan fingerprint density at radius 2 is 1.96 bits per heavy atom. The van der Waals surface area contributed by atoms with Crippen LogP contribution in [0.4, 0.5) is 4.39 Å². The molecule has 0 aliphatic heterocycles. The van der Waals surface area contributed by atoms with Crippen LogP contribution in [0.25, 0.3) is 0 Å². The summed E-state index contributed by atoms with van der Waals surface area (Å²) in [5.74, 6) is 1.36. The molecule has 0 aromatic heterocycles. The fourth-order valence-electron chi connectivity index (χ4n) is 2.81. The van der Waals surface area contributed by atoms with Gasteiger partial charge in [-0.25, -0.2) is 4.39 Å². The third-order valence-corrected chi connectivity index (χ3v) is 4.16. The number of aryl methyl sites for hydroxylation is 1. The minimum absolute atomic E-state index is 0.0159. The van der Waals surface area contributed by atoms with Gasteiger partial charge in [0.25, 0.3) is 0 Å². The van der Waals surface area contributed by atoms with E-state index in [0.29, 0.717) is 31.2 Å². The summed E-state index contributed by atoms with van der Waals surface area (Å²) in [5.41, 5.74) is 2.86. The summed E-state index contributed by atoms with van der Waals surface area (Å²) in [5, 5.41) is 6.53. The van der Waals surface area contributed by atoms with Gasteiger partial charge in [0, 0.05) is 25.7 Å². The Morgan fingerprint density at radius 1 is 1.18 bits per heavy atom. The standard InChI is InChI=1S/C22H31FN4O/c1-16-7-6-8-20(11-16)28-17(2)13-25-22(24-3)26-14-18-9-10-21(23)19(12-18)15-27(4)5/h6-12,17H,13-15H2,1-5H3,(H2,24,25,26). The Labute approximate surface area is 167 Å². The van der Waals surface area contributed by atoms with Crippen molar-refractivity contribution in [3.8, 4) is 5.75 Å². The average molecular weight is 387 g/mol. The maximum absolute atomic E-state index is 13.9. The van der Waals surface area contributed by atoms with Crippen LogP contribution in [-0.2, 0) is 13.1 Å². The molecule has 2 aromatic rings. The number of aliphatic imine (C=N–C) groups is 1. The van der Waals surface area contributed by atoms with Crippen molar-refractivity contribution in [3.63, 3.8) is 0 Å². The van der Waals surface area contributed by atoms with Crippen LogP contribution < -0.4 is 15.4 Å². The molecule has 0 bridgehead atoms. The number of ether oxygens (including phenoxy) is 1. The average Bonchev–Trinajstić information content (AvgIpc) is 2.64.